The van der Waals surface area contributed by atoms with Gasteiger partial charge in [-0.3, -0.25) is 0 Å². The first-order valence-electron chi connectivity index (χ1n) is 38.3. The van der Waals surface area contributed by atoms with Gasteiger partial charge in [0.1, 0.15) is 0 Å². The average molecular weight is 1570 g/mol. The summed E-state index contributed by atoms with van der Waals surface area (Å²) in [6.07, 6.45) is 0. The Morgan fingerprint density at radius 3 is 0.752 bits per heavy atom. The zero-order chi connectivity index (χ0) is 75.9. The summed E-state index contributed by atoms with van der Waals surface area (Å²) in [4.78, 5) is 0. The van der Waals surface area contributed by atoms with Crippen molar-refractivity contribution < 1.29 is 10.0 Å². The van der Waals surface area contributed by atoms with Gasteiger partial charge < -0.3 is 10.0 Å². The topological polar surface area (TPSA) is 40.5 Å². The minimum atomic E-state index is -1.44. The Morgan fingerprint density at radius 1 is 0.150 bits per heavy atom. The summed E-state index contributed by atoms with van der Waals surface area (Å²) in [7, 11) is -1.44. The Kier molecular flexibility index (Phi) is 19.1. The van der Waals surface area contributed by atoms with Crippen molar-refractivity contribution >= 4 is 141 Å². The highest BCUT2D eigenvalue weighted by molar-refractivity contribution is 9.11. The van der Waals surface area contributed by atoms with E-state index in [2.05, 4.69) is 402 Å². The third kappa shape index (κ3) is 13.7. The Bertz CT molecular complexity index is 6840. The van der Waals surface area contributed by atoms with Crippen molar-refractivity contribution in [3.8, 4) is 100 Å². The lowest BCUT2D eigenvalue weighted by Gasteiger charge is -2.18. The summed E-state index contributed by atoms with van der Waals surface area (Å²) in [5.74, 6) is 0. The van der Waals surface area contributed by atoms with Crippen molar-refractivity contribution in [2.45, 2.75) is 0 Å². The van der Waals surface area contributed by atoms with Crippen molar-refractivity contribution in [1.82, 2.24) is 0 Å². The van der Waals surface area contributed by atoms with Crippen LogP contribution < -0.4 is 5.46 Å². The van der Waals surface area contributed by atoms with E-state index in [0.717, 1.165) is 25.5 Å². The predicted molar refractivity (Wildman–Crippen MR) is 491 cm³/mol. The van der Waals surface area contributed by atoms with Gasteiger partial charge >= 0.3 is 7.12 Å². The second kappa shape index (κ2) is 30.6. The van der Waals surface area contributed by atoms with Gasteiger partial charge in [-0.25, -0.2) is 0 Å². The molecule has 5 heteroatoms. The molecule has 0 aliphatic heterocycles. The molecule has 0 atom stereocenters. The van der Waals surface area contributed by atoms with Gasteiger partial charge in [0.25, 0.3) is 0 Å². The van der Waals surface area contributed by atoms with Crippen LogP contribution in [-0.2, 0) is 0 Å². The summed E-state index contributed by atoms with van der Waals surface area (Å²) in [5.41, 5.74) is 22.1. The molecular weight excluding hydrogens is 1500 g/mol. The van der Waals surface area contributed by atoms with Crippen molar-refractivity contribution in [2.75, 3.05) is 0 Å². The summed E-state index contributed by atoms with van der Waals surface area (Å²) in [6, 6.07) is 150. The lowest BCUT2D eigenvalue weighted by molar-refractivity contribution is 0.426. The summed E-state index contributed by atoms with van der Waals surface area (Å²) < 4.78 is 2.24. The smallest absolute Gasteiger partial charge is 0.423 e. The lowest BCUT2D eigenvalue weighted by Crippen LogP contribution is -2.29. The van der Waals surface area contributed by atoms with E-state index in [9.17, 15) is 10.0 Å². The molecule has 0 aliphatic rings. The summed E-state index contributed by atoms with van der Waals surface area (Å²) in [6.45, 7) is 0. The number of fused-ring (bicyclic) bond motifs is 13. The molecule has 0 aliphatic carbocycles. The Labute approximate surface area is 673 Å². The SMILES string of the molecule is Brc1cc2c3ccc(-c4ccccc4)cc3c(Br)cc2c2ccc(-c3ccccc3)cc12.OB(O)c1cccc(-c2cccc3ccccc23)c1.c1ccc(-c2ccc3c(c2)c(-c2cccc(-c4cccc5ccccc45)c2)cc2c4ccc(-c5ccccc5)cc4c(-c4cccc(-c5cccc6ccccc56)c4)cc32)cc1. The van der Waals surface area contributed by atoms with Crippen LogP contribution in [0.5, 0.6) is 0 Å². The summed E-state index contributed by atoms with van der Waals surface area (Å²) in [5, 5.41) is 40.8. The standard InChI is InChI=1S/C62H40.C30H18Br2.C16H13BO2/c1-3-15-41(16-4-1)45-31-33-55-59(37-45)57(49-25-11-23-47(35-49)53-29-13-21-43-19-7-9-27-51(43)53)39-62-56-34-32-46(42-17-5-2-6-18-42)38-60(56)58(40-61(55)62)50-26-12-24-48(36-50)54-30-14-22-44-20-8-10-28-52(44)54;31-29-17-26-24-14-12-22(20-9-5-2-6-10-20)16-28(24)30(32)18-25(26)23-13-11-21(15-27(23)29)19-7-3-1-4-8-19;18-17(19)14-8-3-7-13(11-14)16-10-4-6-12-5-1-2-9-15(12)16/h1-40H;1-18H;1-11,18-19H. The van der Waals surface area contributed by atoms with Gasteiger partial charge in [0.15, 0.2) is 0 Å². The van der Waals surface area contributed by atoms with Crippen LogP contribution in [-0.4, -0.2) is 17.2 Å². The van der Waals surface area contributed by atoms with Gasteiger partial charge in [-0.1, -0.05) is 390 Å². The molecule has 0 amide bonds. The fraction of sp³-hybridized carbons (Fsp3) is 0. The van der Waals surface area contributed by atoms with Gasteiger partial charge in [0, 0.05) is 8.95 Å². The van der Waals surface area contributed by atoms with E-state index in [4.69, 9.17) is 0 Å². The molecule has 21 aromatic rings. The first kappa shape index (κ1) is 70.3. The molecule has 2 nitrogen and oxygen atoms in total. The molecule has 2 N–H and O–H groups in total. The fourth-order valence-electron chi connectivity index (χ4n) is 16.7. The Morgan fingerprint density at radius 2 is 0.407 bits per heavy atom. The van der Waals surface area contributed by atoms with Crippen LogP contribution >= 0.6 is 31.9 Å². The zero-order valence-electron chi connectivity index (χ0n) is 61.6. The second-order valence-electron chi connectivity index (χ2n) is 29.0. The van der Waals surface area contributed by atoms with E-state index >= 15 is 0 Å². The predicted octanol–water partition coefficient (Wildman–Crippen LogP) is 29.6. The largest absolute Gasteiger partial charge is 0.488 e. The molecule has 0 radical (unpaired) electrons. The molecule has 21 rings (SSSR count). The quantitative estimate of drug-likeness (QED) is 0.106. The van der Waals surface area contributed by atoms with Crippen LogP contribution in [0.1, 0.15) is 0 Å². The van der Waals surface area contributed by atoms with Gasteiger partial charge in [0.05, 0.1) is 0 Å². The molecule has 113 heavy (non-hydrogen) atoms. The van der Waals surface area contributed by atoms with E-state index in [1.807, 2.05) is 42.5 Å². The summed E-state index contributed by atoms with van der Waals surface area (Å²) >= 11 is 7.74. The average Bonchev–Trinajstić information content (AvgIpc) is 0.720. The second-order valence-corrected chi connectivity index (χ2v) is 30.7. The van der Waals surface area contributed by atoms with Gasteiger partial charge in [-0.05, 0) is 263 Å². The highest BCUT2D eigenvalue weighted by Crippen LogP contribution is 2.47. The highest BCUT2D eigenvalue weighted by atomic mass is 79.9. The maximum atomic E-state index is 9.26. The molecule has 0 saturated carbocycles. The van der Waals surface area contributed by atoms with Crippen LogP contribution in [0.3, 0.4) is 0 Å². The number of benzene rings is 21. The van der Waals surface area contributed by atoms with E-state index in [1.165, 1.54) is 181 Å². The van der Waals surface area contributed by atoms with Gasteiger partial charge in [-0.2, -0.15) is 0 Å². The maximum absolute atomic E-state index is 9.26. The van der Waals surface area contributed by atoms with Crippen molar-refractivity contribution in [2.24, 2.45) is 0 Å². The number of hydrogen-bond acceptors (Lipinski definition) is 2. The molecule has 0 bridgehead atoms. The third-order valence-electron chi connectivity index (χ3n) is 22.3. The minimum Gasteiger partial charge on any atom is -0.423 e. The monoisotopic (exact) mass is 1570 g/mol. The first-order chi connectivity index (χ1) is 55.7. The van der Waals surface area contributed by atoms with E-state index in [-0.39, 0.29) is 0 Å². The molecule has 0 fully saturated rings. The third-order valence-corrected chi connectivity index (χ3v) is 23.6. The zero-order valence-corrected chi connectivity index (χ0v) is 64.7. The van der Waals surface area contributed by atoms with Crippen molar-refractivity contribution in [3.05, 3.63) is 428 Å². The first-order valence-corrected chi connectivity index (χ1v) is 39.9. The van der Waals surface area contributed by atoms with Gasteiger partial charge in [0.2, 0.25) is 0 Å². The molecule has 21 aromatic carbocycles. The van der Waals surface area contributed by atoms with Gasteiger partial charge in [-0.15, -0.1) is 0 Å². The van der Waals surface area contributed by atoms with E-state index in [0.29, 0.717) is 5.46 Å². The maximum Gasteiger partial charge on any atom is 0.488 e. The molecule has 0 unspecified atom stereocenters. The Hall–Kier alpha value is -13.1. The van der Waals surface area contributed by atoms with Crippen LogP contribution in [0.25, 0.3) is 197 Å². The highest BCUT2D eigenvalue weighted by Gasteiger charge is 2.21. The molecule has 532 valence electrons. The van der Waals surface area contributed by atoms with Crippen LogP contribution in [0, 0.1) is 0 Å². The van der Waals surface area contributed by atoms with Crippen LogP contribution in [0.15, 0.2) is 428 Å². The molecule has 0 heterocycles. The fourth-order valence-corrected chi connectivity index (χ4v) is 17.9. The van der Waals surface area contributed by atoms with Crippen molar-refractivity contribution in [1.29, 1.82) is 0 Å². The number of rotatable bonds is 10. The van der Waals surface area contributed by atoms with Crippen molar-refractivity contribution in [3.63, 3.8) is 0 Å². The van der Waals surface area contributed by atoms with E-state index < -0.39 is 7.12 Å². The number of hydrogen-bond donors (Lipinski definition) is 2. The lowest BCUT2D eigenvalue weighted by atomic mass is 9.79. The molecular formula is C108H71BBr2O2. The van der Waals surface area contributed by atoms with Crippen LogP contribution in [0.4, 0.5) is 0 Å². The Balaban J connectivity index is 0.000000138. The molecule has 0 spiro atoms. The minimum absolute atomic E-state index is 0.505. The van der Waals surface area contributed by atoms with Crippen LogP contribution in [0.2, 0.25) is 0 Å². The molecule has 0 saturated heterocycles. The van der Waals surface area contributed by atoms with E-state index in [1.54, 1.807) is 6.07 Å². The number of halogens is 2. The normalized spacial score (nSPS) is 11.4. The molecule has 0 aromatic heterocycles.